The molecule has 1 aromatic carbocycles. The summed E-state index contributed by atoms with van der Waals surface area (Å²) in [6.45, 7) is 0. The molecule has 0 saturated heterocycles. The first kappa shape index (κ1) is 8.39. The van der Waals surface area contributed by atoms with Gasteiger partial charge in [0.1, 0.15) is 10.9 Å². The van der Waals surface area contributed by atoms with Crippen molar-refractivity contribution in [3.05, 3.63) is 29.4 Å². The number of nitrogens with zero attached hydrogens (tertiary/aromatic N) is 1. The van der Waals surface area contributed by atoms with Crippen LogP contribution in [0.3, 0.4) is 0 Å². The monoisotopic (exact) mass is 191 g/mol. The predicted molar refractivity (Wildman–Crippen MR) is 56.6 cm³/mol. The molecule has 1 N–H and O–H groups in total. The predicted octanol–water partition coefficient (Wildman–Crippen LogP) is 0.852. The number of hydrogen-bond donors (Lipinski definition) is 1. The minimum Gasteiger partial charge on any atom is -0.506 e. The highest BCUT2D eigenvalue weighted by Gasteiger charge is 2.07. The first-order chi connectivity index (χ1) is 6.20. The highest BCUT2D eigenvalue weighted by molar-refractivity contribution is 6.39. The third-order valence-electron chi connectivity index (χ3n) is 2.01. The minimum absolute atomic E-state index is 0.208. The average molecular weight is 191 g/mol. The summed E-state index contributed by atoms with van der Waals surface area (Å²) in [4.78, 5) is 4.02. The molecular weight excluding hydrogens is 184 g/mol. The van der Waals surface area contributed by atoms with Crippen molar-refractivity contribution >= 4 is 35.8 Å². The van der Waals surface area contributed by atoms with Crippen LogP contribution in [0.2, 0.25) is 5.15 Å². The van der Waals surface area contributed by atoms with Gasteiger partial charge in [-0.2, -0.15) is 0 Å². The topological polar surface area (TPSA) is 33.1 Å². The van der Waals surface area contributed by atoms with Gasteiger partial charge in [0.25, 0.3) is 0 Å². The van der Waals surface area contributed by atoms with Crippen LogP contribution in [0.4, 0.5) is 0 Å². The molecule has 0 amide bonds. The largest absolute Gasteiger partial charge is 0.506 e. The third-order valence-corrected chi connectivity index (χ3v) is 2.30. The van der Waals surface area contributed by atoms with E-state index in [1.807, 2.05) is 24.3 Å². The maximum Gasteiger partial charge on any atom is 0.169 e. The third kappa shape index (κ3) is 1.25. The van der Waals surface area contributed by atoms with Gasteiger partial charge in [-0.05, 0) is 0 Å². The first-order valence-electron chi connectivity index (χ1n) is 3.94. The van der Waals surface area contributed by atoms with Crippen molar-refractivity contribution in [1.82, 2.24) is 4.98 Å². The van der Waals surface area contributed by atoms with Crippen LogP contribution in [-0.2, 0) is 0 Å². The second kappa shape index (κ2) is 2.93. The van der Waals surface area contributed by atoms with Gasteiger partial charge in [0.2, 0.25) is 0 Å². The molecule has 0 unspecified atom stereocenters. The fourth-order valence-electron chi connectivity index (χ4n) is 1.32. The van der Waals surface area contributed by atoms with E-state index >= 15 is 0 Å². The van der Waals surface area contributed by atoms with Crippen LogP contribution in [0.15, 0.2) is 24.3 Å². The van der Waals surface area contributed by atoms with Gasteiger partial charge in [-0.3, -0.25) is 0 Å². The SMILES string of the molecule is Bc1nc(Cl)c2ccccc2c1O. The zero-order valence-corrected chi connectivity index (χ0v) is 7.84. The molecule has 4 heteroatoms. The highest BCUT2D eigenvalue weighted by Crippen LogP contribution is 2.26. The van der Waals surface area contributed by atoms with Crippen molar-refractivity contribution in [2.75, 3.05) is 0 Å². The van der Waals surface area contributed by atoms with Crippen molar-refractivity contribution in [3.8, 4) is 5.75 Å². The van der Waals surface area contributed by atoms with Gasteiger partial charge in [-0.15, -0.1) is 0 Å². The van der Waals surface area contributed by atoms with E-state index in [-0.39, 0.29) is 5.75 Å². The second-order valence-electron chi connectivity index (χ2n) is 2.88. The van der Waals surface area contributed by atoms with Crippen LogP contribution < -0.4 is 5.59 Å². The van der Waals surface area contributed by atoms with Crippen LogP contribution in [-0.4, -0.2) is 17.9 Å². The fraction of sp³-hybridized carbons (Fsp3) is 0. The molecule has 2 rings (SSSR count). The van der Waals surface area contributed by atoms with Crippen molar-refractivity contribution < 1.29 is 5.11 Å². The van der Waals surface area contributed by atoms with E-state index in [1.165, 1.54) is 0 Å². The molecule has 13 heavy (non-hydrogen) atoms. The quantitative estimate of drug-likeness (QED) is 0.495. The minimum atomic E-state index is 0.208. The van der Waals surface area contributed by atoms with Gasteiger partial charge < -0.3 is 5.11 Å². The molecule has 0 radical (unpaired) electrons. The second-order valence-corrected chi connectivity index (χ2v) is 3.24. The van der Waals surface area contributed by atoms with Crippen LogP contribution in [0.5, 0.6) is 5.75 Å². The van der Waals surface area contributed by atoms with E-state index in [9.17, 15) is 5.11 Å². The number of hydrogen-bond acceptors (Lipinski definition) is 2. The Kier molecular flexibility index (Phi) is 1.89. The molecule has 0 aliphatic rings. The molecule has 0 atom stereocenters. The van der Waals surface area contributed by atoms with E-state index in [2.05, 4.69) is 4.98 Å². The van der Waals surface area contributed by atoms with Crippen LogP contribution in [0, 0.1) is 0 Å². The van der Waals surface area contributed by atoms with Crippen molar-refractivity contribution in [1.29, 1.82) is 0 Å². The van der Waals surface area contributed by atoms with Crippen molar-refractivity contribution in [2.24, 2.45) is 0 Å². The maximum absolute atomic E-state index is 9.66. The lowest BCUT2D eigenvalue weighted by atomic mass is 9.99. The lowest BCUT2D eigenvalue weighted by Crippen LogP contribution is -2.08. The van der Waals surface area contributed by atoms with Gasteiger partial charge in [-0.1, -0.05) is 35.9 Å². The number of pyridine rings is 1. The molecule has 0 bridgehead atoms. The van der Waals surface area contributed by atoms with Crippen molar-refractivity contribution in [2.45, 2.75) is 0 Å². The fourth-order valence-corrected chi connectivity index (χ4v) is 1.62. The molecule has 1 heterocycles. The molecule has 0 aliphatic carbocycles. The Balaban J connectivity index is 2.97. The Labute approximate surface area is 81.6 Å². The summed E-state index contributed by atoms with van der Waals surface area (Å²) in [6, 6.07) is 7.39. The number of benzene rings is 1. The lowest BCUT2D eigenvalue weighted by molar-refractivity contribution is 0.484. The lowest BCUT2D eigenvalue weighted by Gasteiger charge is -2.04. The first-order valence-corrected chi connectivity index (χ1v) is 4.32. The molecule has 1 aromatic heterocycles. The summed E-state index contributed by atoms with van der Waals surface area (Å²) in [5, 5.41) is 11.6. The number of fused-ring (bicyclic) bond motifs is 1. The summed E-state index contributed by atoms with van der Waals surface area (Å²) < 4.78 is 0. The molecule has 0 fully saturated rings. The van der Waals surface area contributed by atoms with E-state index in [0.717, 1.165) is 10.8 Å². The molecule has 0 aliphatic heterocycles. The molecule has 0 saturated carbocycles. The molecule has 0 spiro atoms. The van der Waals surface area contributed by atoms with Gasteiger partial charge in [0, 0.05) is 16.4 Å². The molecule has 2 nitrogen and oxygen atoms in total. The average Bonchev–Trinajstić information content (AvgIpc) is 2.15. The van der Waals surface area contributed by atoms with E-state index in [4.69, 9.17) is 11.6 Å². The normalized spacial score (nSPS) is 10.5. The number of aromatic nitrogens is 1. The summed E-state index contributed by atoms with van der Waals surface area (Å²) in [6.07, 6.45) is 0. The van der Waals surface area contributed by atoms with Gasteiger partial charge >= 0.3 is 0 Å². The Bertz CT molecular complexity index is 472. The van der Waals surface area contributed by atoms with Crippen LogP contribution in [0.1, 0.15) is 0 Å². The number of halogens is 1. The van der Waals surface area contributed by atoms with Gasteiger partial charge in [-0.25, -0.2) is 4.98 Å². The smallest absolute Gasteiger partial charge is 0.169 e. The highest BCUT2D eigenvalue weighted by atomic mass is 35.5. The molecule has 64 valence electrons. The zero-order valence-electron chi connectivity index (χ0n) is 7.08. The Hall–Kier alpha value is -1.22. The summed E-state index contributed by atoms with van der Waals surface area (Å²) in [5.74, 6) is 0.208. The standard InChI is InChI=1S/C9H7BClNO/c10-8-7(13)5-3-1-2-4-6(5)9(11)12-8/h1-4,13H,10H2. The Morgan fingerprint density at radius 2 is 1.85 bits per heavy atom. The number of aromatic hydroxyl groups is 1. The maximum atomic E-state index is 9.66. The van der Waals surface area contributed by atoms with Gasteiger partial charge in [0.05, 0.1) is 0 Å². The Morgan fingerprint density at radius 3 is 2.54 bits per heavy atom. The van der Waals surface area contributed by atoms with E-state index in [1.54, 1.807) is 7.85 Å². The Morgan fingerprint density at radius 1 is 1.23 bits per heavy atom. The number of rotatable bonds is 0. The van der Waals surface area contributed by atoms with E-state index < -0.39 is 0 Å². The van der Waals surface area contributed by atoms with Gasteiger partial charge in [0.15, 0.2) is 7.85 Å². The zero-order chi connectivity index (χ0) is 9.42. The molecular formula is C9H7BClNO. The van der Waals surface area contributed by atoms with E-state index in [0.29, 0.717) is 10.7 Å². The summed E-state index contributed by atoms with van der Waals surface area (Å²) >= 11 is 5.91. The molecule has 2 aromatic rings. The van der Waals surface area contributed by atoms with Crippen LogP contribution >= 0.6 is 11.6 Å². The van der Waals surface area contributed by atoms with Crippen LogP contribution in [0.25, 0.3) is 10.8 Å². The van der Waals surface area contributed by atoms with Crippen molar-refractivity contribution in [3.63, 3.8) is 0 Å². The summed E-state index contributed by atoms with van der Waals surface area (Å²) in [5.41, 5.74) is 0.559. The summed E-state index contributed by atoms with van der Waals surface area (Å²) in [7, 11) is 1.73.